The summed E-state index contributed by atoms with van der Waals surface area (Å²) < 4.78 is 18.6. The van der Waals surface area contributed by atoms with Gasteiger partial charge < -0.3 is 4.74 Å². The minimum Gasteiger partial charge on any atom is -0.493 e. The maximum Gasteiger partial charge on any atom is 0.141 e. The summed E-state index contributed by atoms with van der Waals surface area (Å²) in [7, 11) is 0. The Morgan fingerprint density at radius 2 is 2.23 bits per heavy atom. The Hall–Kier alpha value is -0.280. The SMILES string of the molecule is Fc1cc(OCCCCl)ccc1Br. The van der Waals surface area contributed by atoms with Crippen LogP contribution in [0.3, 0.4) is 0 Å². The fourth-order valence-electron chi connectivity index (χ4n) is 0.811. The van der Waals surface area contributed by atoms with Crippen LogP contribution in [0.1, 0.15) is 6.42 Å². The first-order valence-electron chi connectivity index (χ1n) is 3.88. The van der Waals surface area contributed by atoms with Crippen LogP contribution in [0.25, 0.3) is 0 Å². The molecular formula is C9H9BrClFO. The molecule has 0 aliphatic heterocycles. The lowest BCUT2D eigenvalue weighted by molar-refractivity contribution is 0.316. The van der Waals surface area contributed by atoms with E-state index in [9.17, 15) is 4.39 Å². The second-order valence-electron chi connectivity index (χ2n) is 2.47. The van der Waals surface area contributed by atoms with Crippen LogP contribution in [0.4, 0.5) is 4.39 Å². The lowest BCUT2D eigenvalue weighted by atomic mass is 10.3. The van der Waals surface area contributed by atoms with Crippen molar-refractivity contribution in [1.82, 2.24) is 0 Å². The van der Waals surface area contributed by atoms with Crippen LogP contribution in [0.2, 0.25) is 0 Å². The van der Waals surface area contributed by atoms with Crippen molar-refractivity contribution in [3.63, 3.8) is 0 Å². The predicted molar refractivity (Wildman–Crippen MR) is 54.9 cm³/mol. The lowest BCUT2D eigenvalue weighted by Gasteiger charge is -2.04. The van der Waals surface area contributed by atoms with E-state index in [2.05, 4.69) is 15.9 Å². The van der Waals surface area contributed by atoms with E-state index < -0.39 is 0 Å². The van der Waals surface area contributed by atoms with E-state index in [0.717, 1.165) is 6.42 Å². The van der Waals surface area contributed by atoms with E-state index in [1.54, 1.807) is 12.1 Å². The molecule has 0 bridgehead atoms. The Morgan fingerprint density at radius 1 is 1.46 bits per heavy atom. The van der Waals surface area contributed by atoms with E-state index in [4.69, 9.17) is 16.3 Å². The molecule has 13 heavy (non-hydrogen) atoms. The maximum absolute atomic E-state index is 12.9. The van der Waals surface area contributed by atoms with Gasteiger partial charge >= 0.3 is 0 Å². The Balaban J connectivity index is 2.53. The van der Waals surface area contributed by atoms with Gasteiger partial charge in [-0.25, -0.2) is 4.39 Å². The summed E-state index contributed by atoms with van der Waals surface area (Å²) in [6.45, 7) is 0.518. The molecule has 1 rings (SSSR count). The third kappa shape index (κ3) is 3.53. The molecule has 0 saturated carbocycles. The molecule has 0 aliphatic rings. The molecule has 0 aliphatic carbocycles. The zero-order valence-electron chi connectivity index (χ0n) is 6.90. The van der Waals surface area contributed by atoms with Crippen molar-refractivity contribution in [3.05, 3.63) is 28.5 Å². The Labute approximate surface area is 90.0 Å². The van der Waals surface area contributed by atoms with Crippen LogP contribution in [0.15, 0.2) is 22.7 Å². The van der Waals surface area contributed by atoms with Crippen LogP contribution in [-0.4, -0.2) is 12.5 Å². The molecule has 72 valence electrons. The number of halogens is 3. The summed E-state index contributed by atoms with van der Waals surface area (Å²) in [5.41, 5.74) is 0. The fraction of sp³-hybridized carbons (Fsp3) is 0.333. The molecule has 1 nitrogen and oxygen atoms in total. The molecule has 0 aromatic heterocycles. The monoisotopic (exact) mass is 266 g/mol. The van der Waals surface area contributed by atoms with Gasteiger partial charge in [0.05, 0.1) is 11.1 Å². The van der Waals surface area contributed by atoms with Crippen LogP contribution in [-0.2, 0) is 0 Å². The third-order valence-corrected chi connectivity index (χ3v) is 2.35. The molecule has 0 spiro atoms. The number of ether oxygens (including phenoxy) is 1. The van der Waals surface area contributed by atoms with Gasteiger partial charge in [0, 0.05) is 11.9 Å². The number of benzene rings is 1. The van der Waals surface area contributed by atoms with Gasteiger partial charge in [-0.05, 0) is 34.5 Å². The highest BCUT2D eigenvalue weighted by atomic mass is 79.9. The van der Waals surface area contributed by atoms with Crippen molar-refractivity contribution in [1.29, 1.82) is 0 Å². The van der Waals surface area contributed by atoms with E-state index in [0.29, 0.717) is 22.7 Å². The molecule has 4 heteroatoms. The summed E-state index contributed by atoms with van der Waals surface area (Å²) in [5.74, 6) is 0.771. The van der Waals surface area contributed by atoms with Gasteiger partial charge in [-0.15, -0.1) is 11.6 Å². The maximum atomic E-state index is 12.9. The summed E-state index contributed by atoms with van der Waals surface area (Å²) in [4.78, 5) is 0. The number of hydrogen-bond donors (Lipinski definition) is 0. The predicted octanol–water partition coefficient (Wildman–Crippen LogP) is 3.60. The average Bonchev–Trinajstić information content (AvgIpc) is 2.12. The molecule has 1 aromatic carbocycles. The van der Waals surface area contributed by atoms with E-state index in [1.807, 2.05) is 0 Å². The number of rotatable bonds is 4. The molecular weight excluding hydrogens is 258 g/mol. The molecule has 0 heterocycles. The zero-order chi connectivity index (χ0) is 9.68. The lowest BCUT2D eigenvalue weighted by Crippen LogP contribution is -1.97. The Kier molecular flexibility index (Phi) is 4.53. The molecule has 0 amide bonds. The first kappa shape index (κ1) is 10.8. The van der Waals surface area contributed by atoms with Crippen molar-refractivity contribution in [2.45, 2.75) is 6.42 Å². The van der Waals surface area contributed by atoms with Gasteiger partial charge in [0.2, 0.25) is 0 Å². The molecule has 0 saturated heterocycles. The highest BCUT2D eigenvalue weighted by Gasteiger charge is 2.00. The number of alkyl halides is 1. The molecule has 1 aromatic rings. The summed E-state index contributed by atoms with van der Waals surface area (Å²) in [5, 5.41) is 0. The smallest absolute Gasteiger partial charge is 0.141 e. The molecule has 0 atom stereocenters. The van der Waals surface area contributed by atoms with Gasteiger partial charge in [-0.2, -0.15) is 0 Å². The second-order valence-corrected chi connectivity index (χ2v) is 3.70. The van der Waals surface area contributed by atoms with Crippen LogP contribution < -0.4 is 4.74 Å². The van der Waals surface area contributed by atoms with E-state index >= 15 is 0 Å². The van der Waals surface area contributed by atoms with Crippen molar-refractivity contribution in [2.75, 3.05) is 12.5 Å². The number of hydrogen-bond acceptors (Lipinski definition) is 1. The minimum atomic E-state index is -0.316. The zero-order valence-corrected chi connectivity index (χ0v) is 9.24. The van der Waals surface area contributed by atoms with Gasteiger partial charge in [-0.3, -0.25) is 0 Å². The standard InChI is InChI=1S/C9H9BrClFO/c10-8-3-2-7(6-9(8)12)13-5-1-4-11/h2-3,6H,1,4-5H2. The van der Waals surface area contributed by atoms with Crippen LogP contribution in [0, 0.1) is 5.82 Å². The first-order valence-corrected chi connectivity index (χ1v) is 5.20. The first-order chi connectivity index (χ1) is 6.24. The van der Waals surface area contributed by atoms with Gasteiger partial charge in [0.15, 0.2) is 0 Å². The summed E-state index contributed by atoms with van der Waals surface area (Å²) in [6, 6.07) is 4.67. The van der Waals surface area contributed by atoms with Crippen LogP contribution in [0.5, 0.6) is 5.75 Å². The fourth-order valence-corrected chi connectivity index (χ4v) is 1.17. The van der Waals surface area contributed by atoms with Gasteiger partial charge in [0.1, 0.15) is 11.6 Å². The van der Waals surface area contributed by atoms with Crippen molar-refractivity contribution in [3.8, 4) is 5.75 Å². The third-order valence-electron chi connectivity index (χ3n) is 1.44. The van der Waals surface area contributed by atoms with Crippen molar-refractivity contribution in [2.24, 2.45) is 0 Å². The highest BCUT2D eigenvalue weighted by molar-refractivity contribution is 9.10. The van der Waals surface area contributed by atoms with E-state index in [-0.39, 0.29) is 5.82 Å². The van der Waals surface area contributed by atoms with Gasteiger partial charge in [0.25, 0.3) is 0 Å². The molecule has 0 fully saturated rings. The largest absolute Gasteiger partial charge is 0.493 e. The molecule has 0 unspecified atom stereocenters. The van der Waals surface area contributed by atoms with Gasteiger partial charge in [-0.1, -0.05) is 0 Å². The quantitative estimate of drug-likeness (QED) is 0.598. The van der Waals surface area contributed by atoms with Crippen molar-refractivity contribution >= 4 is 27.5 Å². The molecule has 0 N–H and O–H groups in total. The Bertz CT molecular complexity index is 280. The normalized spacial score (nSPS) is 10.1. The highest BCUT2D eigenvalue weighted by Crippen LogP contribution is 2.20. The average molecular weight is 268 g/mol. The van der Waals surface area contributed by atoms with Crippen molar-refractivity contribution < 1.29 is 9.13 Å². The van der Waals surface area contributed by atoms with Crippen LogP contribution >= 0.6 is 27.5 Å². The molecule has 0 radical (unpaired) electrons. The minimum absolute atomic E-state index is 0.316. The summed E-state index contributed by atoms with van der Waals surface area (Å²) >= 11 is 8.52. The van der Waals surface area contributed by atoms with E-state index in [1.165, 1.54) is 6.07 Å². The second kappa shape index (κ2) is 5.45. The Morgan fingerprint density at radius 3 is 2.85 bits per heavy atom. The topological polar surface area (TPSA) is 9.23 Å². The summed E-state index contributed by atoms with van der Waals surface area (Å²) in [6.07, 6.45) is 0.763.